The summed E-state index contributed by atoms with van der Waals surface area (Å²) in [4.78, 5) is 24.2. The van der Waals surface area contributed by atoms with Crippen LogP contribution in [0.5, 0.6) is 0 Å². The summed E-state index contributed by atoms with van der Waals surface area (Å²) in [6.07, 6.45) is -0.320. The van der Waals surface area contributed by atoms with Gasteiger partial charge >= 0.3 is 5.97 Å². The fourth-order valence-electron chi connectivity index (χ4n) is 2.51. The number of carbonyl (C=O) groups is 2. The summed E-state index contributed by atoms with van der Waals surface area (Å²) in [5.41, 5.74) is -1.41. The molecule has 1 amide bonds. The van der Waals surface area contributed by atoms with E-state index in [1.165, 1.54) is 0 Å². The zero-order valence-corrected chi connectivity index (χ0v) is 8.96. The van der Waals surface area contributed by atoms with E-state index in [9.17, 15) is 18.4 Å². The third-order valence-corrected chi connectivity index (χ3v) is 3.17. The summed E-state index contributed by atoms with van der Waals surface area (Å²) >= 11 is 0. The molecule has 2 aliphatic heterocycles. The molecule has 2 aliphatic rings. The Kier molecular flexibility index (Phi) is 2.40. The van der Waals surface area contributed by atoms with Crippen molar-refractivity contribution in [2.24, 2.45) is 0 Å². The first-order valence-electron chi connectivity index (χ1n) is 5.27. The Hall–Kier alpha value is -1.20. The Morgan fingerprint density at radius 3 is 2.88 bits per heavy atom. The smallest absolute Gasteiger partial charge is 0.332 e. The second-order valence-electron chi connectivity index (χ2n) is 4.26. The molecule has 0 saturated carbocycles. The van der Waals surface area contributed by atoms with E-state index in [4.69, 9.17) is 4.74 Å². The first kappa shape index (κ1) is 11.3. The maximum Gasteiger partial charge on any atom is 0.332 e. The van der Waals surface area contributed by atoms with E-state index in [-0.39, 0.29) is 25.4 Å². The van der Waals surface area contributed by atoms with Gasteiger partial charge in [-0.1, -0.05) is 0 Å². The maximum atomic E-state index is 13.3. The molecule has 0 N–H and O–H groups in total. The fraction of sp³-hybridized carbons (Fsp3) is 0.800. The van der Waals surface area contributed by atoms with E-state index in [1.807, 2.05) is 0 Å². The van der Waals surface area contributed by atoms with Crippen LogP contribution in [0.2, 0.25) is 0 Å². The number of esters is 1. The summed E-state index contributed by atoms with van der Waals surface area (Å²) < 4.78 is 31.4. The number of halogens is 2. The van der Waals surface area contributed by atoms with Crippen LogP contribution in [0.3, 0.4) is 0 Å². The number of hydrogen-bond donors (Lipinski definition) is 0. The van der Waals surface area contributed by atoms with Gasteiger partial charge in [-0.15, -0.1) is 0 Å². The van der Waals surface area contributed by atoms with Gasteiger partial charge < -0.3 is 9.64 Å². The number of nitrogens with zero attached hydrogens (tertiary/aromatic N) is 1. The van der Waals surface area contributed by atoms with E-state index in [0.717, 1.165) is 4.90 Å². The van der Waals surface area contributed by atoms with Crippen LogP contribution in [0.4, 0.5) is 8.78 Å². The largest absolute Gasteiger partial charge is 0.464 e. The van der Waals surface area contributed by atoms with Crippen molar-refractivity contribution < 1.29 is 23.1 Å². The molecule has 6 heteroatoms. The molecule has 1 unspecified atom stereocenters. The molecule has 2 rings (SSSR count). The second-order valence-corrected chi connectivity index (χ2v) is 4.26. The van der Waals surface area contributed by atoms with Crippen LogP contribution < -0.4 is 0 Å². The van der Waals surface area contributed by atoms with Crippen molar-refractivity contribution in [1.29, 1.82) is 0 Å². The molecule has 0 aromatic heterocycles. The van der Waals surface area contributed by atoms with Gasteiger partial charge in [0.25, 0.3) is 5.92 Å². The van der Waals surface area contributed by atoms with Crippen molar-refractivity contribution in [3.63, 3.8) is 0 Å². The molecule has 2 fully saturated rings. The summed E-state index contributed by atoms with van der Waals surface area (Å²) in [6, 6.07) is 0. The molecule has 0 aliphatic carbocycles. The van der Waals surface area contributed by atoms with Gasteiger partial charge in [-0.05, 0) is 13.3 Å². The van der Waals surface area contributed by atoms with Gasteiger partial charge in [0, 0.05) is 12.8 Å². The highest BCUT2D eigenvalue weighted by Crippen LogP contribution is 2.47. The number of fused-ring (bicyclic) bond motifs is 1. The molecule has 90 valence electrons. The summed E-state index contributed by atoms with van der Waals surface area (Å²) in [6.45, 7) is 1.08. The molecular formula is C10H13F2NO3. The van der Waals surface area contributed by atoms with Gasteiger partial charge in [0.05, 0.1) is 13.2 Å². The highest BCUT2D eigenvalue weighted by Gasteiger charge is 2.64. The van der Waals surface area contributed by atoms with Gasteiger partial charge in [-0.3, -0.25) is 4.79 Å². The number of rotatable bonds is 2. The van der Waals surface area contributed by atoms with Crippen molar-refractivity contribution in [1.82, 2.24) is 4.90 Å². The van der Waals surface area contributed by atoms with Crippen LogP contribution in [-0.2, 0) is 14.3 Å². The van der Waals surface area contributed by atoms with Crippen LogP contribution in [-0.4, -0.2) is 41.4 Å². The summed E-state index contributed by atoms with van der Waals surface area (Å²) in [7, 11) is 0. The lowest BCUT2D eigenvalue weighted by molar-refractivity contribution is -0.157. The van der Waals surface area contributed by atoms with E-state index < -0.39 is 30.4 Å². The van der Waals surface area contributed by atoms with Crippen LogP contribution >= 0.6 is 0 Å². The van der Waals surface area contributed by atoms with Gasteiger partial charge in [-0.2, -0.15) is 0 Å². The molecule has 2 saturated heterocycles. The minimum Gasteiger partial charge on any atom is -0.464 e. The van der Waals surface area contributed by atoms with Crippen molar-refractivity contribution in [3.8, 4) is 0 Å². The van der Waals surface area contributed by atoms with Gasteiger partial charge in [0.1, 0.15) is 5.54 Å². The van der Waals surface area contributed by atoms with E-state index in [2.05, 4.69) is 0 Å². The number of carbonyl (C=O) groups excluding carboxylic acids is 2. The summed E-state index contributed by atoms with van der Waals surface area (Å²) in [5, 5.41) is 0. The van der Waals surface area contributed by atoms with E-state index in [1.54, 1.807) is 6.92 Å². The number of hydrogen-bond acceptors (Lipinski definition) is 3. The lowest BCUT2D eigenvalue weighted by Gasteiger charge is -2.28. The Morgan fingerprint density at radius 1 is 1.56 bits per heavy atom. The highest BCUT2D eigenvalue weighted by atomic mass is 19.3. The normalized spacial score (nSPS) is 31.7. The topological polar surface area (TPSA) is 46.6 Å². The lowest BCUT2D eigenvalue weighted by Crippen LogP contribution is -2.48. The Labute approximate surface area is 91.5 Å². The summed E-state index contributed by atoms with van der Waals surface area (Å²) in [5.74, 6) is -4.06. The highest BCUT2D eigenvalue weighted by molar-refractivity contribution is 5.92. The van der Waals surface area contributed by atoms with Crippen LogP contribution in [0.25, 0.3) is 0 Å². The first-order valence-corrected chi connectivity index (χ1v) is 5.27. The van der Waals surface area contributed by atoms with Crippen molar-refractivity contribution in [2.45, 2.75) is 37.6 Å². The van der Waals surface area contributed by atoms with Crippen LogP contribution in [0, 0.1) is 0 Å². The Morgan fingerprint density at radius 2 is 2.25 bits per heavy atom. The minimum absolute atomic E-state index is 0.133. The predicted molar refractivity (Wildman–Crippen MR) is 49.9 cm³/mol. The lowest BCUT2D eigenvalue weighted by atomic mass is 9.93. The van der Waals surface area contributed by atoms with Crippen molar-refractivity contribution in [2.75, 3.05) is 13.2 Å². The maximum absolute atomic E-state index is 13.3. The quantitative estimate of drug-likeness (QED) is 0.667. The molecule has 0 aromatic carbocycles. The van der Waals surface area contributed by atoms with E-state index in [0.29, 0.717) is 0 Å². The first-order chi connectivity index (χ1) is 7.41. The number of ether oxygens (including phenoxy) is 1. The molecular weight excluding hydrogens is 220 g/mol. The average Bonchev–Trinajstić information content (AvgIpc) is 2.62. The van der Waals surface area contributed by atoms with E-state index >= 15 is 0 Å². The van der Waals surface area contributed by atoms with Gasteiger partial charge in [0.15, 0.2) is 0 Å². The monoisotopic (exact) mass is 233 g/mol. The SMILES string of the molecule is CCOC(=O)C12CCC(=O)N1CC(F)(F)C2. The zero-order chi connectivity index (χ0) is 12.0. The molecule has 0 radical (unpaired) electrons. The molecule has 0 aromatic rings. The van der Waals surface area contributed by atoms with Crippen LogP contribution in [0.1, 0.15) is 26.2 Å². The molecule has 1 atom stereocenters. The third kappa shape index (κ3) is 1.47. The molecule has 0 spiro atoms. The predicted octanol–water partition coefficient (Wildman–Crippen LogP) is 0.950. The zero-order valence-electron chi connectivity index (χ0n) is 8.96. The Balaban J connectivity index is 2.30. The molecule has 16 heavy (non-hydrogen) atoms. The molecule has 0 bridgehead atoms. The minimum atomic E-state index is -2.98. The van der Waals surface area contributed by atoms with Gasteiger partial charge in [0.2, 0.25) is 5.91 Å². The number of amides is 1. The average molecular weight is 233 g/mol. The number of alkyl halides is 2. The Bertz CT molecular complexity index is 345. The second kappa shape index (κ2) is 3.40. The van der Waals surface area contributed by atoms with Crippen LogP contribution in [0.15, 0.2) is 0 Å². The van der Waals surface area contributed by atoms with Gasteiger partial charge in [-0.25, -0.2) is 13.6 Å². The van der Waals surface area contributed by atoms with Crippen molar-refractivity contribution >= 4 is 11.9 Å². The molecule has 2 heterocycles. The fourth-order valence-corrected chi connectivity index (χ4v) is 2.51. The molecule has 4 nitrogen and oxygen atoms in total. The third-order valence-electron chi connectivity index (χ3n) is 3.17. The standard InChI is InChI=1S/C10H13F2NO3/c1-2-16-8(15)9-4-3-7(14)13(9)6-10(11,12)5-9/h2-6H2,1H3. The van der Waals surface area contributed by atoms with Crippen molar-refractivity contribution in [3.05, 3.63) is 0 Å².